The summed E-state index contributed by atoms with van der Waals surface area (Å²) in [5, 5.41) is 2.05. The number of hydrogen-bond acceptors (Lipinski definition) is 5. The first-order chi connectivity index (χ1) is 13.8. The molecule has 0 bridgehead atoms. The van der Waals surface area contributed by atoms with E-state index in [4.69, 9.17) is 0 Å². The molecule has 0 spiro atoms. The minimum absolute atomic E-state index is 0.102. The Morgan fingerprint density at radius 3 is 2.45 bits per heavy atom. The molecule has 0 fully saturated rings. The first-order valence-corrected chi connectivity index (χ1v) is 10.2. The fourth-order valence-electron chi connectivity index (χ4n) is 2.28. The van der Waals surface area contributed by atoms with E-state index in [9.17, 15) is 18.0 Å². The molecular weight excluding hydrogens is 419 g/mol. The fourth-order valence-corrected chi connectivity index (χ4v) is 3.95. The smallest absolute Gasteiger partial charge is 0.324 e. The van der Waals surface area contributed by atoms with Gasteiger partial charge in [-0.15, -0.1) is 0 Å². The van der Waals surface area contributed by atoms with Crippen molar-refractivity contribution in [3.8, 4) is 0 Å². The Hall–Kier alpha value is -2.52. The molecule has 3 rings (SSSR count). The number of benzene rings is 2. The average Bonchev–Trinajstić information content (AvgIpc) is 2.70. The van der Waals surface area contributed by atoms with Gasteiger partial charge in [0, 0.05) is 16.0 Å². The highest BCUT2D eigenvalue weighted by atomic mass is 32.2. The minimum atomic E-state index is -4.56. The van der Waals surface area contributed by atoms with E-state index in [-0.39, 0.29) is 11.1 Å². The Balaban J connectivity index is 1.69. The third-order valence-corrected chi connectivity index (χ3v) is 5.75. The highest BCUT2D eigenvalue weighted by Gasteiger charge is 2.33. The zero-order chi connectivity index (χ0) is 20.9. The summed E-state index contributed by atoms with van der Waals surface area (Å²) >= 11 is 2.38. The summed E-state index contributed by atoms with van der Waals surface area (Å²) in [5.41, 5.74) is -0.407. The van der Waals surface area contributed by atoms with E-state index in [2.05, 4.69) is 15.3 Å². The number of halogens is 3. The number of nitrogens with zero attached hydrogens (tertiary/aromatic N) is 2. The summed E-state index contributed by atoms with van der Waals surface area (Å²) < 4.78 is 38.4. The van der Waals surface area contributed by atoms with Gasteiger partial charge in [0.05, 0.1) is 10.9 Å². The first kappa shape index (κ1) is 21.2. The molecule has 150 valence electrons. The summed E-state index contributed by atoms with van der Waals surface area (Å²) in [5.74, 6) is -0.350. The number of carbonyl (C=O) groups excluding carboxylic acids is 1. The van der Waals surface area contributed by atoms with Crippen LogP contribution in [0.1, 0.15) is 12.6 Å². The second kappa shape index (κ2) is 9.32. The van der Waals surface area contributed by atoms with Crippen LogP contribution in [-0.2, 0) is 11.0 Å². The lowest BCUT2D eigenvalue weighted by Gasteiger charge is -2.14. The molecule has 0 unspecified atom stereocenters. The van der Waals surface area contributed by atoms with Crippen molar-refractivity contribution >= 4 is 35.1 Å². The molecular formula is C20H16F3N3OS2. The van der Waals surface area contributed by atoms with Gasteiger partial charge in [0.1, 0.15) is 5.69 Å². The third-order valence-electron chi connectivity index (χ3n) is 3.69. The van der Waals surface area contributed by atoms with Crippen LogP contribution in [0, 0.1) is 0 Å². The molecule has 2 aromatic carbocycles. The van der Waals surface area contributed by atoms with Crippen LogP contribution in [-0.4, -0.2) is 21.1 Å². The number of carbonyl (C=O) groups is 1. The van der Waals surface area contributed by atoms with Gasteiger partial charge in [-0.05, 0) is 37.3 Å². The lowest BCUT2D eigenvalue weighted by Crippen LogP contribution is -2.23. The molecule has 1 amide bonds. The molecule has 1 heterocycles. The first-order valence-electron chi connectivity index (χ1n) is 8.52. The largest absolute Gasteiger partial charge is 0.433 e. The third kappa shape index (κ3) is 5.98. The molecule has 0 aliphatic carbocycles. The Labute approximate surface area is 174 Å². The van der Waals surface area contributed by atoms with Crippen molar-refractivity contribution in [1.29, 1.82) is 0 Å². The standard InChI is InChI=1S/C20H16F3N3OS2/c1-13(28-19-24-12-11-17(26-19)20(21,22)23)18(27)25-15-9-5-6-10-16(15)29-14-7-3-2-4-8-14/h2-13H,1H3,(H,25,27)/t13-/m1/s1. The highest BCUT2D eigenvalue weighted by Crippen LogP contribution is 2.34. The number of rotatable bonds is 6. The molecule has 3 aromatic rings. The number of para-hydroxylation sites is 1. The van der Waals surface area contributed by atoms with E-state index in [0.717, 1.165) is 33.8 Å². The molecule has 0 saturated carbocycles. The molecule has 0 aliphatic rings. The second-order valence-corrected chi connectivity index (χ2v) is 8.31. The van der Waals surface area contributed by atoms with Gasteiger partial charge in [0.2, 0.25) is 5.91 Å². The van der Waals surface area contributed by atoms with Gasteiger partial charge in [-0.3, -0.25) is 4.79 Å². The quantitative estimate of drug-likeness (QED) is 0.394. The maximum Gasteiger partial charge on any atom is 0.433 e. The Bertz CT molecular complexity index is 984. The fraction of sp³-hybridized carbons (Fsp3) is 0.150. The summed E-state index contributed by atoms with van der Waals surface area (Å²) in [6.45, 7) is 1.59. The van der Waals surface area contributed by atoms with Crippen LogP contribution in [0.3, 0.4) is 0 Å². The summed E-state index contributed by atoms with van der Waals surface area (Å²) in [4.78, 5) is 21.8. The van der Waals surface area contributed by atoms with Crippen molar-refractivity contribution in [2.45, 2.75) is 33.3 Å². The van der Waals surface area contributed by atoms with Crippen molar-refractivity contribution in [1.82, 2.24) is 9.97 Å². The van der Waals surface area contributed by atoms with E-state index >= 15 is 0 Å². The van der Waals surface area contributed by atoms with E-state index in [1.165, 1.54) is 11.8 Å². The van der Waals surface area contributed by atoms with Gasteiger partial charge in [-0.2, -0.15) is 13.2 Å². The lowest BCUT2D eigenvalue weighted by molar-refractivity contribution is -0.141. The highest BCUT2D eigenvalue weighted by molar-refractivity contribution is 8.00. The summed E-state index contributed by atoms with van der Waals surface area (Å²) in [6.07, 6.45) is -3.52. The average molecular weight is 435 g/mol. The van der Waals surface area contributed by atoms with Crippen molar-refractivity contribution < 1.29 is 18.0 Å². The normalized spacial score (nSPS) is 12.4. The number of hydrogen-bond donors (Lipinski definition) is 1. The second-order valence-electron chi connectivity index (χ2n) is 5.88. The lowest BCUT2D eigenvalue weighted by atomic mass is 10.3. The molecule has 0 radical (unpaired) electrons. The number of aromatic nitrogens is 2. The van der Waals surface area contributed by atoms with Gasteiger partial charge in [0.25, 0.3) is 0 Å². The predicted molar refractivity (Wildman–Crippen MR) is 108 cm³/mol. The van der Waals surface area contributed by atoms with E-state index in [1.807, 2.05) is 42.5 Å². The van der Waals surface area contributed by atoms with Crippen LogP contribution in [0.15, 0.2) is 81.8 Å². The molecule has 9 heteroatoms. The van der Waals surface area contributed by atoms with Gasteiger partial charge >= 0.3 is 6.18 Å². The van der Waals surface area contributed by atoms with Crippen molar-refractivity contribution in [2.24, 2.45) is 0 Å². The van der Waals surface area contributed by atoms with Crippen LogP contribution < -0.4 is 5.32 Å². The molecule has 1 aromatic heterocycles. The van der Waals surface area contributed by atoms with E-state index < -0.39 is 17.1 Å². The SMILES string of the molecule is C[C@@H](Sc1nccc(C(F)(F)F)n1)C(=O)Nc1ccccc1Sc1ccccc1. The van der Waals surface area contributed by atoms with Crippen molar-refractivity contribution in [3.63, 3.8) is 0 Å². The molecule has 4 nitrogen and oxygen atoms in total. The summed E-state index contributed by atoms with van der Waals surface area (Å²) in [6, 6.07) is 17.8. The Morgan fingerprint density at radius 1 is 1.03 bits per heavy atom. The van der Waals surface area contributed by atoms with Crippen LogP contribution in [0.5, 0.6) is 0 Å². The zero-order valence-corrected chi connectivity index (χ0v) is 16.8. The van der Waals surface area contributed by atoms with Crippen LogP contribution in [0.4, 0.5) is 18.9 Å². The zero-order valence-electron chi connectivity index (χ0n) is 15.2. The van der Waals surface area contributed by atoms with E-state index in [1.54, 1.807) is 19.1 Å². The number of thioether (sulfide) groups is 1. The maximum absolute atomic E-state index is 12.8. The minimum Gasteiger partial charge on any atom is -0.324 e. The monoisotopic (exact) mass is 435 g/mol. The topological polar surface area (TPSA) is 54.9 Å². The molecule has 1 atom stereocenters. The molecule has 29 heavy (non-hydrogen) atoms. The molecule has 0 saturated heterocycles. The van der Waals surface area contributed by atoms with E-state index in [0.29, 0.717) is 5.69 Å². The maximum atomic E-state index is 12.8. The molecule has 1 N–H and O–H groups in total. The number of anilines is 1. The Morgan fingerprint density at radius 2 is 1.72 bits per heavy atom. The number of amides is 1. The van der Waals surface area contributed by atoms with Crippen LogP contribution >= 0.6 is 23.5 Å². The van der Waals surface area contributed by atoms with Gasteiger partial charge in [0.15, 0.2) is 5.16 Å². The van der Waals surface area contributed by atoms with Crippen LogP contribution in [0.25, 0.3) is 0 Å². The predicted octanol–water partition coefficient (Wildman–Crippen LogP) is 5.77. The molecule has 0 aliphatic heterocycles. The van der Waals surface area contributed by atoms with Gasteiger partial charge < -0.3 is 5.32 Å². The van der Waals surface area contributed by atoms with Gasteiger partial charge in [-0.1, -0.05) is 53.9 Å². The van der Waals surface area contributed by atoms with Crippen molar-refractivity contribution in [2.75, 3.05) is 5.32 Å². The number of nitrogens with one attached hydrogen (secondary N) is 1. The summed E-state index contributed by atoms with van der Waals surface area (Å²) in [7, 11) is 0. The number of alkyl halides is 3. The van der Waals surface area contributed by atoms with Gasteiger partial charge in [-0.25, -0.2) is 9.97 Å². The van der Waals surface area contributed by atoms with Crippen LogP contribution in [0.2, 0.25) is 0 Å². The Kier molecular flexibility index (Phi) is 6.81. The van der Waals surface area contributed by atoms with Crippen molar-refractivity contribution in [3.05, 3.63) is 72.6 Å².